The Morgan fingerprint density at radius 1 is 0.853 bits per heavy atom. The first-order chi connectivity index (χ1) is 16.3. The van der Waals surface area contributed by atoms with Gasteiger partial charge in [-0.2, -0.15) is 0 Å². The van der Waals surface area contributed by atoms with E-state index in [0.29, 0.717) is 10.0 Å². The third-order valence-corrected chi connectivity index (χ3v) is 7.20. The summed E-state index contributed by atoms with van der Waals surface area (Å²) in [5, 5.41) is 2.29. The van der Waals surface area contributed by atoms with E-state index in [9.17, 15) is 4.79 Å². The summed E-state index contributed by atoms with van der Waals surface area (Å²) in [5.41, 5.74) is 5.25. The second-order valence-electron chi connectivity index (χ2n) is 8.72. The van der Waals surface area contributed by atoms with E-state index >= 15 is 0 Å². The van der Waals surface area contributed by atoms with Crippen molar-refractivity contribution in [1.82, 2.24) is 14.1 Å². The predicted molar refractivity (Wildman–Crippen MR) is 140 cm³/mol. The monoisotopic (exact) mass is 487 g/mol. The highest BCUT2D eigenvalue weighted by Crippen LogP contribution is 2.41. The quantitative estimate of drug-likeness (QED) is 0.286. The minimum atomic E-state index is -0.510. The molecule has 0 saturated heterocycles. The molecule has 4 nitrogen and oxygen atoms in total. The lowest BCUT2D eigenvalue weighted by molar-refractivity contribution is 0.626. The molecule has 5 rings (SSSR count). The zero-order chi connectivity index (χ0) is 24.0. The molecule has 0 spiro atoms. The number of hydrogen-bond donors (Lipinski definition) is 0. The number of aryl methyl sites for hydroxylation is 2. The van der Waals surface area contributed by atoms with Crippen molar-refractivity contribution in [2.45, 2.75) is 12.3 Å². The number of rotatable bonds is 4. The highest BCUT2D eigenvalue weighted by atomic mass is 35.5. The number of hydrogen-bond acceptors (Lipinski definition) is 2. The molecule has 0 aliphatic heterocycles. The van der Waals surface area contributed by atoms with Gasteiger partial charge in [0.15, 0.2) is 0 Å². The zero-order valence-electron chi connectivity index (χ0n) is 19.1. The first-order valence-electron chi connectivity index (χ1n) is 10.9. The van der Waals surface area contributed by atoms with Crippen molar-refractivity contribution in [2.24, 2.45) is 14.1 Å². The van der Waals surface area contributed by atoms with Crippen LogP contribution in [0.1, 0.15) is 23.7 Å². The van der Waals surface area contributed by atoms with E-state index in [4.69, 9.17) is 23.2 Å². The van der Waals surface area contributed by atoms with Gasteiger partial charge >= 0.3 is 0 Å². The van der Waals surface area contributed by atoms with Crippen LogP contribution in [0.3, 0.4) is 0 Å². The number of aromatic nitrogens is 3. The molecule has 0 amide bonds. The van der Waals surface area contributed by atoms with Gasteiger partial charge in [0.2, 0.25) is 0 Å². The van der Waals surface area contributed by atoms with Gasteiger partial charge in [-0.3, -0.25) is 4.79 Å². The van der Waals surface area contributed by atoms with Gasteiger partial charge in [-0.1, -0.05) is 53.5 Å². The average molecular weight is 488 g/mol. The molecule has 1 atom stereocenters. The summed E-state index contributed by atoms with van der Waals surface area (Å²) in [7, 11) is 3.80. The van der Waals surface area contributed by atoms with E-state index in [1.165, 1.54) is 0 Å². The normalized spacial score (nSPS) is 13.2. The zero-order valence-corrected chi connectivity index (χ0v) is 20.6. The van der Waals surface area contributed by atoms with Crippen LogP contribution in [0.15, 0.2) is 90.1 Å². The number of pyridine rings is 1. The van der Waals surface area contributed by atoms with E-state index in [0.717, 1.165) is 38.9 Å². The molecule has 0 aliphatic rings. The van der Waals surface area contributed by atoms with Gasteiger partial charge in [-0.15, -0.1) is 0 Å². The van der Waals surface area contributed by atoms with Crippen LogP contribution in [0.25, 0.3) is 22.0 Å². The van der Waals surface area contributed by atoms with Crippen LogP contribution in [0.5, 0.6) is 0 Å². The summed E-state index contributed by atoms with van der Waals surface area (Å²) in [5.74, 6) is 0. The molecule has 0 bridgehead atoms. The van der Waals surface area contributed by atoms with Crippen molar-refractivity contribution in [3.8, 4) is 11.1 Å². The maximum atomic E-state index is 12.8. The lowest BCUT2D eigenvalue weighted by atomic mass is 9.73. The second kappa shape index (κ2) is 8.46. The molecule has 1 unspecified atom stereocenters. The lowest BCUT2D eigenvalue weighted by Gasteiger charge is -2.32. The smallest absolute Gasteiger partial charge is 0.251 e. The van der Waals surface area contributed by atoms with E-state index in [-0.39, 0.29) is 5.56 Å². The number of fused-ring (bicyclic) bond motifs is 1. The standard InChI is InChI=1S/C28H23Cl2N3O/c1-28(26-16-31-17-32(26)2,19-7-10-21(29)11-8-19)20-9-12-25-24(14-20)23(15-27(34)33(25)3)18-5-4-6-22(30)13-18/h4-17H,1-3H3. The fourth-order valence-corrected chi connectivity index (χ4v) is 5.07. The van der Waals surface area contributed by atoms with Gasteiger partial charge in [0.05, 0.1) is 23.0 Å². The number of benzene rings is 3. The van der Waals surface area contributed by atoms with Crippen LogP contribution in [-0.2, 0) is 19.5 Å². The van der Waals surface area contributed by atoms with E-state index in [1.54, 1.807) is 17.7 Å². The Morgan fingerprint density at radius 3 is 2.26 bits per heavy atom. The van der Waals surface area contributed by atoms with Crippen molar-refractivity contribution >= 4 is 34.1 Å². The van der Waals surface area contributed by atoms with Gasteiger partial charge in [0.25, 0.3) is 5.56 Å². The van der Waals surface area contributed by atoms with Gasteiger partial charge in [0.1, 0.15) is 0 Å². The van der Waals surface area contributed by atoms with Crippen molar-refractivity contribution in [2.75, 3.05) is 0 Å². The SMILES string of the molecule is Cn1cncc1C(C)(c1ccc(Cl)cc1)c1ccc2c(c1)c(-c1cccc(Cl)c1)cc(=O)n2C. The fourth-order valence-electron chi connectivity index (χ4n) is 4.75. The minimum Gasteiger partial charge on any atom is -0.337 e. The summed E-state index contributed by atoms with van der Waals surface area (Å²) >= 11 is 12.5. The summed E-state index contributed by atoms with van der Waals surface area (Å²) in [6, 6.07) is 23.5. The molecule has 5 aromatic rings. The second-order valence-corrected chi connectivity index (χ2v) is 9.59. The van der Waals surface area contributed by atoms with Gasteiger partial charge in [-0.25, -0.2) is 4.98 Å². The Balaban J connectivity index is 1.84. The third-order valence-electron chi connectivity index (χ3n) is 6.71. The molecule has 6 heteroatoms. The largest absolute Gasteiger partial charge is 0.337 e. The summed E-state index contributed by atoms with van der Waals surface area (Å²) in [6.45, 7) is 2.19. The molecule has 0 N–H and O–H groups in total. The number of imidazole rings is 1. The molecule has 0 fully saturated rings. The third kappa shape index (κ3) is 3.64. The first-order valence-corrected chi connectivity index (χ1v) is 11.7. The predicted octanol–water partition coefficient (Wildman–Crippen LogP) is 6.60. The Morgan fingerprint density at radius 2 is 1.59 bits per heavy atom. The highest BCUT2D eigenvalue weighted by molar-refractivity contribution is 6.31. The van der Waals surface area contributed by atoms with Crippen molar-refractivity contribution < 1.29 is 0 Å². The molecule has 0 radical (unpaired) electrons. The van der Waals surface area contributed by atoms with Crippen molar-refractivity contribution in [3.05, 3.63) is 123 Å². The highest BCUT2D eigenvalue weighted by Gasteiger charge is 2.34. The van der Waals surface area contributed by atoms with Crippen LogP contribution in [0.4, 0.5) is 0 Å². The lowest BCUT2D eigenvalue weighted by Crippen LogP contribution is -2.28. The van der Waals surface area contributed by atoms with Crippen LogP contribution in [0, 0.1) is 0 Å². The molecule has 2 heterocycles. The van der Waals surface area contributed by atoms with E-state index in [1.807, 2.05) is 66.6 Å². The molecule has 2 aromatic heterocycles. The number of halogens is 2. The van der Waals surface area contributed by atoms with E-state index in [2.05, 4.69) is 36.2 Å². The molecular weight excluding hydrogens is 465 g/mol. The van der Waals surface area contributed by atoms with Gasteiger partial charge < -0.3 is 9.13 Å². The summed E-state index contributed by atoms with van der Waals surface area (Å²) < 4.78 is 3.72. The fraction of sp³-hybridized carbons (Fsp3) is 0.143. The molecule has 34 heavy (non-hydrogen) atoms. The topological polar surface area (TPSA) is 39.8 Å². The Bertz CT molecular complexity index is 1580. The molecular formula is C28H23Cl2N3O. The summed E-state index contributed by atoms with van der Waals surface area (Å²) in [6.07, 6.45) is 3.71. The van der Waals surface area contributed by atoms with Crippen LogP contribution in [0.2, 0.25) is 10.0 Å². The minimum absolute atomic E-state index is 0.0673. The number of nitrogens with zero attached hydrogens (tertiary/aromatic N) is 3. The molecule has 3 aromatic carbocycles. The average Bonchev–Trinajstić information content (AvgIpc) is 3.27. The molecule has 170 valence electrons. The van der Waals surface area contributed by atoms with Gasteiger partial charge in [0, 0.05) is 41.8 Å². The maximum absolute atomic E-state index is 12.8. The van der Waals surface area contributed by atoms with Crippen LogP contribution < -0.4 is 5.56 Å². The van der Waals surface area contributed by atoms with Crippen molar-refractivity contribution in [1.29, 1.82) is 0 Å². The molecule has 0 aliphatic carbocycles. The Hall–Kier alpha value is -3.34. The maximum Gasteiger partial charge on any atom is 0.251 e. The molecule has 0 saturated carbocycles. The van der Waals surface area contributed by atoms with E-state index < -0.39 is 5.41 Å². The van der Waals surface area contributed by atoms with Gasteiger partial charge in [-0.05, 0) is 65.6 Å². The Labute approximate surface area is 208 Å². The Kier molecular flexibility index (Phi) is 5.59. The van der Waals surface area contributed by atoms with Crippen molar-refractivity contribution in [3.63, 3.8) is 0 Å². The van der Waals surface area contributed by atoms with Crippen LogP contribution >= 0.6 is 23.2 Å². The first kappa shape index (κ1) is 22.5. The summed E-state index contributed by atoms with van der Waals surface area (Å²) in [4.78, 5) is 17.2. The van der Waals surface area contributed by atoms with Crippen LogP contribution in [-0.4, -0.2) is 14.1 Å².